The Bertz CT molecular complexity index is 336. The fourth-order valence-corrected chi connectivity index (χ4v) is 1.21. The minimum absolute atomic E-state index is 0.113. The monoisotopic (exact) mass is 251 g/mol. The predicted octanol–water partition coefficient (Wildman–Crippen LogP) is 2.10. The van der Waals surface area contributed by atoms with Crippen molar-refractivity contribution in [2.45, 2.75) is 45.3 Å². The van der Waals surface area contributed by atoms with Gasteiger partial charge in [-0.3, -0.25) is 0 Å². The highest BCUT2D eigenvalue weighted by atomic mass is 19.4. The maximum absolute atomic E-state index is 11.9. The van der Waals surface area contributed by atoms with Crippen LogP contribution in [0.5, 0.6) is 0 Å². The molecule has 1 N–H and O–H groups in total. The number of nitrogens with zero attached hydrogens (tertiary/aromatic N) is 2. The Balaban J connectivity index is 2.32. The molecule has 1 aromatic heterocycles. The van der Waals surface area contributed by atoms with Crippen molar-refractivity contribution < 1.29 is 17.7 Å². The summed E-state index contributed by atoms with van der Waals surface area (Å²) in [4.78, 5) is 3.89. The third-order valence-corrected chi connectivity index (χ3v) is 2.03. The summed E-state index contributed by atoms with van der Waals surface area (Å²) in [6.45, 7) is 4.67. The predicted molar refractivity (Wildman–Crippen MR) is 55.5 cm³/mol. The lowest BCUT2D eigenvalue weighted by Gasteiger charge is -2.04. The van der Waals surface area contributed by atoms with Crippen LogP contribution in [0.4, 0.5) is 13.2 Å². The largest absolute Gasteiger partial charge is 0.389 e. The SMILES string of the molecule is CC(C)NCCc1nc(CCC(F)(F)F)no1. The maximum Gasteiger partial charge on any atom is 0.389 e. The van der Waals surface area contributed by atoms with Crippen LogP contribution in [0.15, 0.2) is 4.52 Å². The first kappa shape index (κ1) is 14.0. The van der Waals surface area contributed by atoms with E-state index in [4.69, 9.17) is 4.52 Å². The standard InChI is InChI=1S/C10H16F3N3O/c1-7(2)14-6-4-9-15-8(16-17-9)3-5-10(11,12)13/h7,14H,3-6H2,1-2H3. The Kier molecular flexibility index (Phi) is 4.92. The lowest BCUT2D eigenvalue weighted by atomic mass is 10.3. The van der Waals surface area contributed by atoms with Gasteiger partial charge in [-0.1, -0.05) is 19.0 Å². The van der Waals surface area contributed by atoms with Gasteiger partial charge >= 0.3 is 6.18 Å². The summed E-state index contributed by atoms with van der Waals surface area (Å²) in [5, 5.41) is 6.65. The van der Waals surface area contributed by atoms with Crippen molar-refractivity contribution in [1.82, 2.24) is 15.5 Å². The molecular formula is C10H16F3N3O. The van der Waals surface area contributed by atoms with E-state index in [9.17, 15) is 13.2 Å². The first-order chi connectivity index (χ1) is 7.87. The molecule has 0 bridgehead atoms. The van der Waals surface area contributed by atoms with Gasteiger partial charge in [-0.25, -0.2) is 0 Å². The van der Waals surface area contributed by atoms with Crippen molar-refractivity contribution >= 4 is 0 Å². The van der Waals surface area contributed by atoms with E-state index in [1.165, 1.54) is 0 Å². The summed E-state index contributed by atoms with van der Waals surface area (Å²) in [5.74, 6) is 0.484. The molecule has 1 rings (SSSR count). The Morgan fingerprint density at radius 3 is 2.59 bits per heavy atom. The van der Waals surface area contributed by atoms with Gasteiger partial charge in [0.15, 0.2) is 5.82 Å². The van der Waals surface area contributed by atoms with E-state index < -0.39 is 12.6 Å². The smallest absolute Gasteiger partial charge is 0.339 e. The number of rotatable bonds is 6. The number of hydrogen-bond acceptors (Lipinski definition) is 4. The Morgan fingerprint density at radius 1 is 1.29 bits per heavy atom. The minimum Gasteiger partial charge on any atom is -0.339 e. The molecule has 98 valence electrons. The minimum atomic E-state index is -4.18. The molecule has 0 aliphatic rings. The molecule has 0 aliphatic carbocycles. The van der Waals surface area contributed by atoms with E-state index in [1.807, 2.05) is 13.8 Å². The highest BCUT2D eigenvalue weighted by molar-refractivity contribution is 4.87. The van der Waals surface area contributed by atoms with E-state index in [2.05, 4.69) is 15.5 Å². The average molecular weight is 251 g/mol. The topological polar surface area (TPSA) is 51.0 Å². The van der Waals surface area contributed by atoms with Gasteiger partial charge in [0.25, 0.3) is 0 Å². The summed E-state index contributed by atoms with van der Waals surface area (Å²) >= 11 is 0. The van der Waals surface area contributed by atoms with Crippen LogP contribution in [0.3, 0.4) is 0 Å². The molecule has 0 fully saturated rings. The summed E-state index contributed by atoms with van der Waals surface area (Å²) in [7, 11) is 0. The number of aryl methyl sites for hydroxylation is 1. The highest BCUT2D eigenvalue weighted by Crippen LogP contribution is 2.21. The number of alkyl halides is 3. The Hall–Kier alpha value is -1.11. The molecule has 0 radical (unpaired) electrons. The van der Waals surface area contributed by atoms with Crippen molar-refractivity contribution in [3.63, 3.8) is 0 Å². The molecule has 7 heteroatoms. The third-order valence-electron chi connectivity index (χ3n) is 2.03. The van der Waals surface area contributed by atoms with Gasteiger partial charge in [-0.2, -0.15) is 18.2 Å². The lowest BCUT2D eigenvalue weighted by Crippen LogP contribution is -2.25. The van der Waals surface area contributed by atoms with Crippen molar-refractivity contribution in [3.8, 4) is 0 Å². The summed E-state index contributed by atoms with van der Waals surface area (Å²) < 4.78 is 40.7. The van der Waals surface area contributed by atoms with Crippen LogP contribution in [-0.2, 0) is 12.8 Å². The molecule has 0 atom stereocenters. The van der Waals surface area contributed by atoms with E-state index in [0.717, 1.165) is 0 Å². The van der Waals surface area contributed by atoms with Crippen LogP contribution in [0.25, 0.3) is 0 Å². The van der Waals surface area contributed by atoms with Crippen LogP contribution in [0.1, 0.15) is 32.0 Å². The molecule has 0 spiro atoms. The van der Waals surface area contributed by atoms with Gasteiger partial charge in [0, 0.05) is 25.4 Å². The van der Waals surface area contributed by atoms with Crippen molar-refractivity contribution in [1.29, 1.82) is 0 Å². The first-order valence-electron chi connectivity index (χ1n) is 5.48. The zero-order chi connectivity index (χ0) is 12.9. The summed E-state index contributed by atoms with van der Waals surface area (Å²) in [5.41, 5.74) is 0. The highest BCUT2D eigenvalue weighted by Gasteiger charge is 2.27. The van der Waals surface area contributed by atoms with Gasteiger partial charge in [0.05, 0.1) is 6.42 Å². The molecule has 1 heterocycles. The van der Waals surface area contributed by atoms with E-state index in [0.29, 0.717) is 24.9 Å². The van der Waals surface area contributed by atoms with Crippen LogP contribution in [0, 0.1) is 0 Å². The van der Waals surface area contributed by atoms with Crippen LogP contribution in [0.2, 0.25) is 0 Å². The summed E-state index contributed by atoms with van der Waals surface area (Å²) in [6, 6.07) is 0.350. The number of halogens is 3. The molecule has 4 nitrogen and oxygen atoms in total. The van der Waals surface area contributed by atoms with Gasteiger partial charge in [-0.05, 0) is 0 Å². The quantitative estimate of drug-likeness (QED) is 0.841. The normalized spacial score (nSPS) is 12.4. The van der Waals surface area contributed by atoms with Gasteiger partial charge in [-0.15, -0.1) is 0 Å². The molecule has 1 aromatic rings. The molecule has 0 aromatic carbocycles. The number of nitrogens with one attached hydrogen (secondary N) is 1. The van der Waals surface area contributed by atoms with E-state index in [1.54, 1.807) is 0 Å². The van der Waals surface area contributed by atoms with Gasteiger partial charge in [0.1, 0.15) is 0 Å². The van der Waals surface area contributed by atoms with Crippen molar-refractivity contribution in [2.75, 3.05) is 6.54 Å². The van der Waals surface area contributed by atoms with Crippen molar-refractivity contribution in [2.24, 2.45) is 0 Å². The maximum atomic E-state index is 11.9. The Morgan fingerprint density at radius 2 is 2.00 bits per heavy atom. The number of aromatic nitrogens is 2. The molecule has 0 saturated carbocycles. The van der Waals surface area contributed by atoms with E-state index in [-0.39, 0.29) is 12.2 Å². The molecule has 0 saturated heterocycles. The molecule has 0 aliphatic heterocycles. The van der Waals surface area contributed by atoms with Crippen molar-refractivity contribution in [3.05, 3.63) is 11.7 Å². The number of hydrogen-bond donors (Lipinski definition) is 1. The zero-order valence-corrected chi connectivity index (χ0v) is 9.84. The van der Waals surface area contributed by atoms with Crippen LogP contribution in [-0.4, -0.2) is 28.9 Å². The second-order valence-corrected chi connectivity index (χ2v) is 4.08. The average Bonchev–Trinajstić information content (AvgIpc) is 2.61. The fourth-order valence-electron chi connectivity index (χ4n) is 1.21. The summed E-state index contributed by atoms with van der Waals surface area (Å²) in [6.07, 6.45) is -4.81. The molecule has 0 amide bonds. The second kappa shape index (κ2) is 6.00. The third kappa shape index (κ3) is 6.25. The first-order valence-corrected chi connectivity index (χ1v) is 5.48. The molecule has 17 heavy (non-hydrogen) atoms. The van der Waals surface area contributed by atoms with Crippen LogP contribution >= 0.6 is 0 Å². The second-order valence-electron chi connectivity index (χ2n) is 4.08. The fraction of sp³-hybridized carbons (Fsp3) is 0.800. The molecule has 0 unspecified atom stereocenters. The van der Waals surface area contributed by atoms with Gasteiger partial charge in [0.2, 0.25) is 5.89 Å². The van der Waals surface area contributed by atoms with Crippen LogP contribution < -0.4 is 5.32 Å². The van der Waals surface area contributed by atoms with E-state index >= 15 is 0 Å². The van der Waals surface area contributed by atoms with Gasteiger partial charge < -0.3 is 9.84 Å². The molecular weight excluding hydrogens is 235 g/mol. The zero-order valence-electron chi connectivity index (χ0n) is 9.84. The Labute approximate surface area is 97.6 Å². The lowest BCUT2D eigenvalue weighted by molar-refractivity contribution is -0.134.